The van der Waals surface area contributed by atoms with Gasteiger partial charge in [-0.25, -0.2) is 0 Å². The van der Waals surface area contributed by atoms with Crippen LogP contribution in [0.4, 0.5) is 5.69 Å². The smallest absolute Gasteiger partial charge is 0.0314 e. The summed E-state index contributed by atoms with van der Waals surface area (Å²) in [6.07, 6.45) is 7.13. The molecule has 1 aromatic carbocycles. The maximum atomic E-state index is 5.64. The van der Waals surface area contributed by atoms with Gasteiger partial charge in [0.1, 0.15) is 0 Å². The number of nitrogen functional groups attached to an aromatic ring is 1. The number of nitrogens with two attached hydrogens (primary N) is 1. The highest BCUT2D eigenvalue weighted by Gasteiger charge is 2.13. The van der Waals surface area contributed by atoms with Crippen LogP contribution in [0.3, 0.4) is 0 Å². The summed E-state index contributed by atoms with van der Waals surface area (Å²) in [6.45, 7) is 2.11. The molecule has 0 unspecified atom stereocenters. The van der Waals surface area contributed by atoms with Gasteiger partial charge in [0.2, 0.25) is 0 Å². The maximum Gasteiger partial charge on any atom is 0.0314 e. The summed E-state index contributed by atoms with van der Waals surface area (Å²) in [4.78, 5) is 0. The van der Waals surface area contributed by atoms with Crippen LogP contribution in [0.15, 0.2) is 24.3 Å². The SMILES string of the molecule is Nc1ccc(CNCCC2CCCC2)cc1. The second kappa shape index (κ2) is 5.90. The highest BCUT2D eigenvalue weighted by molar-refractivity contribution is 5.39. The van der Waals surface area contributed by atoms with Crippen molar-refractivity contribution in [1.82, 2.24) is 5.32 Å². The Hall–Kier alpha value is -1.02. The summed E-state index contributed by atoms with van der Waals surface area (Å²) in [5.41, 5.74) is 7.81. The standard InChI is InChI=1S/C14H22N2/c15-14-7-5-13(6-8-14)11-16-10-9-12-3-1-2-4-12/h5-8,12,16H,1-4,9-11,15H2. The Morgan fingerprint density at radius 1 is 1.12 bits per heavy atom. The van der Waals surface area contributed by atoms with E-state index >= 15 is 0 Å². The van der Waals surface area contributed by atoms with Crippen molar-refractivity contribution in [3.63, 3.8) is 0 Å². The zero-order valence-electron chi connectivity index (χ0n) is 9.91. The van der Waals surface area contributed by atoms with E-state index in [1.54, 1.807) is 0 Å². The molecule has 0 spiro atoms. The molecule has 0 heterocycles. The third-order valence-electron chi connectivity index (χ3n) is 3.51. The fraction of sp³-hybridized carbons (Fsp3) is 0.571. The van der Waals surface area contributed by atoms with Crippen LogP contribution in [0, 0.1) is 5.92 Å². The molecule has 1 aliphatic carbocycles. The van der Waals surface area contributed by atoms with E-state index in [0.29, 0.717) is 0 Å². The highest BCUT2D eigenvalue weighted by atomic mass is 14.8. The van der Waals surface area contributed by atoms with Gasteiger partial charge in [0, 0.05) is 12.2 Å². The van der Waals surface area contributed by atoms with E-state index in [2.05, 4.69) is 17.4 Å². The Kier molecular flexibility index (Phi) is 4.23. The first-order valence-corrected chi connectivity index (χ1v) is 6.40. The minimum Gasteiger partial charge on any atom is -0.399 e. The molecule has 2 nitrogen and oxygen atoms in total. The average molecular weight is 218 g/mol. The zero-order chi connectivity index (χ0) is 11.2. The third kappa shape index (κ3) is 3.53. The van der Waals surface area contributed by atoms with E-state index in [-0.39, 0.29) is 0 Å². The fourth-order valence-electron chi connectivity index (χ4n) is 2.47. The molecule has 1 fully saturated rings. The van der Waals surface area contributed by atoms with E-state index in [4.69, 9.17) is 5.73 Å². The molecule has 1 aliphatic rings. The van der Waals surface area contributed by atoms with E-state index < -0.39 is 0 Å². The van der Waals surface area contributed by atoms with Gasteiger partial charge in [-0.3, -0.25) is 0 Å². The number of anilines is 1. The maximum absolute atomic E-state index is 5.64. The van der Waals surface area contributed by atoms with E-state index in [1.807, 2.05) is 12.1 Å². The molecule has 1 aromatic rings. The van der Waals surface area contributed by atoms with Gasteiger partial charge in [0.25, 0.3) is 0 Å². The van der Waals surface area contributed by atoms with Crippen molar-refractivity contribution < 1.29 is 0 Å². The van der Waals surface area contributed by atoms with Gasteiger partial charge >= 0.3 is 0 Å². The normalized spacial score (nSPS) is 16.8. The van der Waals surface area contributed by atoms with Crippen LogP contribution in [-0.4, -0.2) is 6.54 Å². The Morgan fingerprint density at radius 2 is 1.81 bits per heavy atom. The summed E-state index contributed by atoms with van der Waals surface area (Å²) < 4.78 is 0. The van der Waals surface area contributed by atoms with Crippen LogP contribution in [0.1, 0.15) is 37.7 Å². The molecule has 0 atom stereocenters. The van der Waals surface area contributed by atoms with Gasteiger partial charge in [-0.05, 0) is 36.6 Å². The molecular weight excluding hydrogens is 196 g/mol. The second-order valence-corrected chi connectivity index (χ2v) is 4.86. The van der Waals surface area contributed by atoms with Gasteiger partial charge < -0.3 is 11.1 Å². The molecule has 3 N–H and O–H groups in total. The Bertz CT molecular complexity index is 299. The van der Waals surface area contributed by atoms with Crippen LogP contribution < -0.4 is 11.1 Å². The predicted molar refractivity (Wildman–Crippen MR) is 69.1 cm³/mol. The summed E-state index contributed by atoms with van der Waals surface area (Å²) in [5, 5.41) is 3.51. The Morgan fingerprint density at radius 3 is 2.50 bits per heavy atom. The van der Waals surface area contributed by atoms with Crippen molar-refractivity contribution >= 4 is 5.69 Å². The molecule has 0 amide bonds. The predicted octanol–water partition coefficient (Wildman–Crippen LogP) is 2.94. The van der Waals surface area contributed by atoms with Gasteiger partial charge in [-0.15, -0.1) is 0 Å². The second-order valence-electron chi connectivity index (χ2n) is 4.86. The Balaban J connectivity index is 1.62. The largest absolute Gasteiger partial charge is 0.399 e. The number of hydrogen-bond donors (Lipinski definition) is 2. The monoisotopic (exact) mass is 218 g/mol. The van der Waals surface area contributed by atoms with Gasteiger partial charge in [0.05, 0.1) is 0 Å². The first-order valence-electron chi connectivity index (χ1n) is 6.40. The average Bonchev–Trinajstić information content (AvgIpc) is 2.80. The van der Waals surface area contributed by atoms with E-state index in [0.717, 1.165) is 24.7 Å². The lowest BCUT2D eigenvalue weighted by atomic mass is 10.0. The minimum atomic E-state index is 0.842. The lowest BCUT2D eigenvalue weighted by molar-refractivity contribution is 0.477. The summed E-state index contributed by atoms with van der Waals surface area (Å²) in [7, 11) is 0. The summed E-state index contributed by atoms with van der Waals surface area (Å²) >= 11 is 0. The first-order chi connectivity index (χ1) is 7.84. The molecule has 0 bridgehead atoms. The van der Waals surface area contributed by atoms with Crippen LogP contribution in [0.5, 0.6) is 0 Å². The van der Waals surface area contributed by atoms with Crippen LogP contribution in [0.2, 0.25) is 0 Å². The highest BCUT2D eigenvalue weighted by Crippen LogP contribution is 2.26. The molecule has 88 valence electrons. The molecular formula is C14H22N2. The summed E-state index contributed by atoms with van der Waals surface area (Å²) in [5.74, 6) is 0.985. The van der Waals surface area contributed by atoms with Crippen molar-refractivity contribution in [2.45, 2.75) is 38.6 Å². The van der Waals surface area contributed by atoms with Gasteiger partial charge in [-0.1, -0.05) is 37.8 Å². The summed E-state index contributed by atoms with van der Waals surface area (Å²) in [6, 6.07) is 8.12. The van der Waals surface area contributed by atoms with E-state index in [1.165, 1.54) is 37.7 Å². The molecule has 0 radical (unpaired) electrons. The van der Waals surface area contributed by atoms with Crippen LogP contribution in [-0.2, 0) is 6.54 Å². The van der Waals surface area contributed by atoms with Gasteiger partial charge in [-0.2, -0.15) is 0 Å². The minimum absolute atomic E-state index is 0.842. The first kappa shape index (κ1) is 11.5. The molecule has 0 saturated heterocycles. The topological polar surface area (TPSA) is 38.0 Å². The van der Waals surface area contributed by atoms with Crippen LogP contribution >= 0.6 is 0 Å². The molecule has 0 aliphatic heterocycles. The van der Waals surface area contributed by atoms with Crippen molar-refractivity contribution in [2.24, 2.45) is 5.92 Å². The van der Waals surface area contributed by atoms with Crippen molar-refractivity contribution in [2.75, 3.05) is 12.3 Å². The van der Waals surface area contributed by atoms with E-state index in [9.17, 15) is 0 Å². The van der Waals surface area contributed by atoms with Gasteiger partial charge in [0.15, 0.2) is 0 Å². The lowest BCUT2D eigenvalue weighted by Gasteiger charge is -2.09. The zero-order valence-corrected chi connectivity index (χ0v) is 9.91. The quantitative estimate of drug-likeness (QED) is 0.589. The number of hydrogen-bond acceptors (Lipinski definition) is 2. The lowest BCUT2D eigenvalue weighted by Crippen LogP contribution is -2.16. The van der Waals surface area contributed by atoms with Crippen molar-refractivity contribution in [1.29, 1.82) is 0 Å². The number of nitrogens with one attached hydrogen (secondary N) is 1. The number of rotatable bonds is 5. The molecule has 2 heteroatoms. The molecule has 2 rings (SSSR count). The number of benzene rings is 1. The molecule has 16 heavy (non-hydrogen) atoms. The molecule has 1 saturated carbocycles. The van der Waals surface area contributed by atoms with Crippen LogP contribution in [0.25, 0.3) is 0 Å². The third-order valence-corrected chi connectivity index (χ3v) is 3.51. The Labute approximate surface area is 98.2 Å². The van der Waals surface area contributed by atoms with Crippen molar-refractivity contribution in [3.8, 4) is 0 Å². The molecule has 0 aromatic heterocycles. The fourth-order valence-corrected chi connectivity index (χ4v) is 2.47. The van der Waals surface area contributed by atoms with Crippen molar-refractivity contribution in [3.05, 3.63) is 29.8 Å².